The Labute approximate surface area is 87.3 Å². The molecular formula is C11H12N2O2. The average molecular weight is 204 g/mol. The second kappa shape index (κ2) is 3.74. The van der Waals surface area contributed by atoms with Gasteiger partial charge in [0.2, 0.25) is 5.88 Å². The molecule has 0 aliphatic rings. The van der Waals surface area contributed by atoms with Gasteiger partial charge in [-0.1, -0.05) is 23.4 Å². The summed E-state index contributed by atoms with van der Waals surface area (Å²) in [5.41, 5.74) is 7.84. The van der Waals surface area contributed by atoms with Gasteiger partial charge in [-0.3, -0.25) is 0 Å². The first-order valence-electron chi connectivity index (χ1n) is 4.67. The number of aromatic nitrogens is 1. The zero-order valence-corrected chi connectivity index (χ0v) is 8.34. The van der Waals surface area contributed by atoms with Crippen LogP contribution in [0.4, 0.5) is 5.88 Å². The molecule has 4 heteroatoms. The van der Waals surface area contributed by atoms with Gasteiger partial charge in [0.25, 0.3) is 0 Å². The Bertz CT molecular complexity index is 463. The monoisotopic (exact) mass is 204 g/mol. The summed E-state index contributed by atoms with van der Waals surface area (Å²) in [6.07, 6.45) is -0.491. The molecular weight excluding hydrogens is 192 g/mol. The lowest BCUT2D eigenvalue weighted by Gasteiger charge is -2.05. The Morgan fingerprint density at radius 1 is 1.40 bits per heavy atom. The van der Waals surface area contributed by atoms with Crippen molar-refractivity contribution in [1.29, 1.82) is 0 Å². The minimum Gasteiger partial charge on any atom is -0.389 e. The normalized spacial score (nSPS) is 12.7. The summed E-state index contributed by atoms with van der Waals surface area (Å²) >= 11 is 0. The van der Waals surface area contributed by atoms with Crippen LogP contribution in [0.5, 0.6) is 0 Å². The molecule has 2 rings (SSSR count). The largest absolute Gasteiger partial charge is 0.389 e. The maximum atomic E-state index is 9.43. The molecule has 1 aromatic heterocycles. The zero-order chi connectivity index (χ0) is 10.8. The van der Waals surface area contributed by atoms with Crippen molar-refractivity contribution in [3.8, 4) is 11.3 Å². The Kier molecular flexibility index (Phi) is 2.43. The minimum absolute atomic E-state index is 0.285. The van der Waals surface area contributed by atoms with E-state index in [4.69, 9.17) is 10.3 Å². The van der Waals surface area contributed by atoms with Crippen molar-refractivity contribution >= 4 is 5.88 Å². The molecule has 1 unspecified atom stereocenters. The summed E-state index contributed by atoms with van der Waals surface area (Å²) in [6.45, 7) is 1.72. The molecule has 0 aliphatic carbocycles. The number of rotatable bonds is 2. The molecule has 1 heterocycles. The van der Waals surface area contributed by atoms with Crippen molar-refractivity contribution in [2.75, 3.05) is 5.73 Å². The molecule has 0 fully saturated rings. The molecule has 3 N–H and O–H groups in total. The van der Waals surface area contributed by atoms with E-state index in [2.05, 4.69) is 5.16 Å². The van der Waals surface area contributed by atoms with E-state index in [-0.39, 0.29) is 5.88 Å². The fraction of sp³-hybridized carbons (Fsp3) is 0.182. The molecule has 0 radical (unpaired) electrons. The van der Waals surface area contributed by atoms with Crippen LogP contribution in [0.1, 0.15) is 18.6 Å². The first-order valence-corrected chi connectivity index (χ1v) is 4.67. The topological polar surface area (TPSA) is 72.3 Å². The molecule has 0 spiro atoms. The molecule has 0 amide bonds. The number of benzene rings is 1. The lowest BCUT2D eigenvalue weighted by molar-refractivity contribution is 0.199. The van der Waals surface area contributed by atoms with E-state index in [9.17, 15) is 5.11 Å². The fourth-order valence-electron chi connectivity index (χ4n) is 1.38. The van der Waals surface area contributed by atoms with Gasteiger partial charge in [-0.05, 0) is 18.6 Å². The average Bonchev–Trinajstić information content (AvgIpc) is 2.65. The van der Waals surface area contributed by atoms with Crippen molar-refractivity contribution in [2.45, 2.75) is 13.0 Å². The standard InChI is InChI=1S/C11H12N2O2/c1-7(14)8-3-2-4-9(5-8)10-6-11(12)15-13-10/h2-7,14H,12H2,1H3. The second-order valence-electron chi connectivity index (χ2n) is 3.42. The van der Waals surface area contributed by atoms with Crippen LogP contribution in [0.2, 0.25) is 0 Å². The lowest BCUT2D eigenvalue weighted by Crippen LogP contribution is -1.90. The number of nitrogens with zero attached hydrogens (tertiary/aromatic N) is 1. The van der Waals surface area contributed by atoms with Gasteiger partial charge in [-0.15, -0.1) is 0 Å². The predicted molar refractivity (Wildman–Crippen MR) is 57.0 cm³/mol. The predicted octanol–water partition coefficient (Wildman–Crippen LogP) is 1.98. The van der Waals surface area contributed by atoms with E-state index < -0.39 is 6.10 Å². The van der Waals surface area contributed by atoms with Crippen molar-refractivity contribution in [1.82, 2.24) is 5.16 Å². The first kappa shape index (κ1) is 9.73. The van der Waals surface area contributed by atoms with Crippen LogP contribution in [-0.2, 0) is 0 Å². The van der Waals surface area contributed by atoms with Crippen molar-refractivity contribution in [2.24, 2.45) is 0 Å². The highest BCUT2D eigenvalue weighted by Gasteiger charge is 2.06. The lowest BCUT2D eigenvalue weighted by atomic mass is 10.1. The summed E-state index contributed by atoms with van der Waals surface area (Å²) in [5, 5.41) is 13.2. The van der Waals surface area contributed by atoms with Gasteiger partial charge in [0, 0.05) is 11.6 Å². The van der Waals surface area contributed by atoms with Crippen LogP contribution in [0.15, 0.2) is 34.9 Å². The third-order valence-electron chi connectivity index (χ3n) is 2.19. The number of hydrogen-bond acceptors (Lipinski definition) is 4. The van der Waals surface area contributed by atoms with Crippen LogP contribution in [0, 0.1) is 0 Å². The molecule has 15 heavy (non-hydrogen) atoms. The molecule has 2 aromatic rings. The SMILES string of the molecule is CC(O)c1cccc(-c2cc(N)on2)c1. The number of anilines is 1. The van der Waals surface area contributed by atoms with Crippen LogP contribution in [-0.4, -0.2) is 10.3 Å². The summed E-state index contributed by atoms with van der Waals surface area (Å²) in [6, 6.07) is 9.13. The first-order chi connectivity index (χ1) is 7.16. The number of nitrogens with two attached hydrogens (primary N) is 1. The van der Waals surface area contributed by atoms with Gasteiger partial charge < -0.3 is 15.4 Å². The number of aliphatic hydroxyl groups excluding tert-OH is 1. The van der Waals surface area contributed by atoms with Gasteiger partial charge in [0.05, 0.1) is 6.10 Å². The second-order valence-corrected chi connectivity index (χ2v) is 3.42. The van der Waals surface area contributed by atoms with Gasteiger partial charge in [-0.2, -0.15) is 0 Å². The quantitative estimate of drug-likeness (QED) is 0.784. The highest BCUT2D eigenvalue weighted by molar-refractivity contribution is 5.61. The minimum atomic E-state index is -0.491. The molecule has 0 aliphatic heterocycles. The van der Waals surface area contributed by atoms with Crippen molar-refractivity contribution < 1.29 is 9.63 Å². The van der Waals surface area contributed by atoms with E-state index in [1.165, 1.54) is 0 Å². The fourth-order valence-corrected chi connectivity index (χ4v) is 1.38. The Hall–Kier alpha value is -1.81. The summed E-state index contributed by atoms with van der Waals surface area (Å²) < 4.78 is 4.78. The Balaban J connectivity index is 2.41. The van der Waals surface area contributed by atoms with Crippen LogP contribution >= 0.6 is 0 Å². The van der Waals surface area contributed by atoms with Gasteiger partial charge in [-0.25, -0.2) is 0 Å². The molecule has 1 aromatic carbocycles. The number of aliphatic hydroxyl groups is 1. The highest BCUT2D eigenvalue weighted by Crippen LogP contribution is 2.23. The van der Waals surface area contributed by atoms with Gasteiger partial charge >= 0.3 is 0 Å². The maximum Gasteiger partial charge on any atom is 0.222 e. The van der Waals surface area contributed by atoms with Crippen LogP contribution in [0.3, 0.4) is 0 Å². The maximum absolute atomic E-state index is 9.43. The van der Waals surface area contributed by atoms with E-state index >= 15 is 0 Å². The van der Waals surface area contributed by atoms with E-state index in [0.29, 0.717) is 5.69 Å². The Morgan fingerprint density at radius 3 is 2.80 bits per heavy atom. The van der Waals surface area contributed by atoms with E-state index in [1.807, 2.05) is 24.3 Å². The Morgan fingerprint density at radius 2 is 2.20 bits per heavy atom. The van der Waals surface area contributed by atoms with Crippen molar-refractivity contribution in [3.05, 3.63) is 35.9 Å². The summed E-state index contributed by atoms with van der Waals surface area (Å²) in [5.74, 6) is 0.285. The molecule has 0 saturated carbocycles. The summed E-state index contributed by atoms with van der Waals surface area (Å²) in [7, 11) is 0. The smallest absolute Gasteiger partial charge is 0.222 e. The molecule has 1 atom stereocenters. The van der Waals surface area contributed by atoms with E-state index in [1.54, 1.807) is 13.0 Å². The van der Waals surface area contributed by atoms with Gasteiger partial charge in [0.1, 0.15) is 5.69 Å². The molecule has 0 bridgehead atoms. The molecule has 0 saturated heterocycles. The molecule has 78 valence electrons. The van der Waals surface area contributed by atoms with Crippen molar-refractivity contribution in [3.63, 3.8) is 0 Å². The summed E-state index contributed by atoms with van der Waals surface area (Å²) in [4.78, 5) is 0. The van der Waals surface area contributed by atoms with Crippen LogP contribution in [0.25, 0.3) is 11.3 Å². The zero-order valence-electron chi connectivity index (χ0n) is 8.34. The van der Waals surface area contributed by atoms with E-state index in [0.717, 1.165) is 11.1 Å². The third-order valence-corrected chi connectivity index (χ3v) is 2.19. The number of nitrogen functional groups attached to an aromatic ring is 1. The number of hydrogen-bond donors (Lipinski definition) is 2. The van der Waals surface area contributed by atoms with Gasteiger partial charge in [0.15, 0.2) is 0 Å². The van der Waals surface area contributed by atoms with Crippen LogP contribution < -0.4 is 5.73 Å². The third kappa shape index (κ3) is 1.99. The highest BCUT2D eigenvalue weighted by atomic mass is 16.5. The molecule has 4 nitrogen and oxygen atoms in total.